The van der Waals surface area contributed by atoms with Crippen molar-refractivity contribution in [3.8, 4) is 0 Å². The molecule has 51 heavy (non-hydrogen) atoms. The Morgan fingerprint density at radius 2 is 1.51 bits per heavy atom. The first kappa shape index (κ1) is 43.3. The van der Waals surface area contributed by atoms with Crippen LogP contribution in [0.15, 0.2) is 22.4 Å². The minimum atomic E-state index is -0.925. The monoisotopic (exact) mass is 713 g/mol. The van der Waals surface area contributed by atoms with E-state index in [9.17, 15) is 28.8 Å². The van der Waals surface area contributed by atoms with Crippen LogP contribution in [0.2, 0.25) is 0 Å². The lowest BCUT2D eigenvalue weighted by atomic mass is 9.83. The summed E-state index contributed by atoms with van der Waals surface area (Å²) in [6, 6.07) is -2.48. The highest BCUT2D eigenvalue weighted by molar-refractivity contribution is 6.38. The van der Waals surface area contributed by atoms with Gasteiger partial charge in [0.1, 0.15) is 12.1 Å². The molecule has 0 bridgehead atoms. The summed E-state index contributed by atoms with van der Waals surface area (Å²) in [5, 5.41) is 11.0. The molecule has 0 aromatic carbocycles. The first-order valence-corrected chi connectivity index (χ1v) is 19.1. The van der Waals surface area contributed by atoms with Gasteiger partial charge >= 0.3 is 0 Å². The molecule has 1 saturated heterocycles. The number of carbonyl (C=O) groups is 6. The third-order valence-electron chi connectivity index (χ3n) is 8.69. The molecule has 0 aromatic rings. The number of hydrogen-bond acceptors (Lipinski definition) is 8. The fourth-order valence-corrected chi connectivity index (χ4v) is 5.92. The van der Waals surface area contributed by atoms with E-state index >= 15 is 0 Å². The van der Waals surface area contributed by atoms with Crippen LogP contribution < -0.4 is 21.3 Å². The number of nitrogens with one attached hydrogen (secondary N) is 4. The molecule has 13 nitrogen and oxygen atoms in total. The summed E-state index contributed by atoms with van der Waals surface area (Å²) in [6.07, 6.45) is 15.1. The molecule has 3 unspecified atom stereocenters. The zero-order valence-corrected chi connectivity index (χ0v) is 31.6. The molecule has 4 N–H and O–H groups in total. The zero-order valence-electron chi connectivity index (χ0n) is 31.6. The van der Waals surface area contributed by atoms with Gasteiger partial charge in [-0.05, 0) is 69.4 Å². The number of nitrogens with zero attached hydrogens (tertiary/aromatic N) is 3. The van der Waals surface area contributed by atoms with Crippen molar-refractivity contribution in [3.05, 3.63) is 12.4 Å². The van der Waals surface area contributed by atoms with Crippen molar-refractivity contribution >= 4 is 48.3 Å². The first-order valence-electron chi connectivity index (χ1n) is 19.1. The molecule has 3 atom stereocenters. The number of aliphatic imine (C=N–C) groups is 2. The quantitative estimate of drug-likeness (QED) is 0.139. The zero-order chi connectivity index (χ0) is 37.8. The van der Waals surface area contributed by atoms with Gasteiger partial charge in [0.15, 0.2) is 0 Å². The topological polar surface area (TPSA) is 178 Å². The van der Waals surface area contributed by atoms with Crippen molar-refractivity contribution in [2.75, 3.05) is 13.1 Å². The van der Waals surface area contributed by atoms with Gasteiger partial charge in [-0.15, -0.1) is 0 Å². The summed E-state index contributed by atoms with van der Waals surface area (Å²) in [6.45, 7) is 14.1. The molecular formula is C38H63N7O6. The number of rotatable bonds is 16. The highest BCUT2D eigenvalue weighted by Crippen LogP contribution is 2.34. The third kappa shape index (κ3) is 17.2. The lowest BCUT2D eigenvalue weighted by Crippen LogP contribution is -2.56. The summed E-state index contributed by atoms with van der Waals surface area (Å²) in [5.41, 5.74) is 0. The van der Waals surface area contributed by atoms with Gasteiger partial charge in [0.2, 0.25) is 29.4 Å². The molecule has 4 fully saturated rings. The molecule has 1 aliphatic heterocycles. The summed E-state index contributed by atoms with van der Waals surface area (Å²) in [4.78, 5) is 86.6. The van der Waals surface area contributed by atoms with Crippen molar-refractivity contribution in [2.24, 2.45) is 27.7 Å². The van der Waals surface area contributed by atoms with E-state index in [1.807, 2.05) is 0 Å². The van der Waals surface area contributed by atoms with Crippen LogP contribution >= 0.6 is 0 Å². The van der Waals surface area contributed by atoms with Crippen LogP contribution in [-0.2, 0) is 28.8 Å². The van der Waals surface area contributed by atoms with Gasteiger partial charge in [-0.3, -0.25) is 38.8 Å². The molecule has 286 valence electrons. The van der Waals surface area contributed by atoms with E-state index in [2.05, 4.69) is 72.6 Å². The molecule has 3 aliphatic carbocycles. The molecular weight excluding hydrogens is 650 g/mol. The maximum absolute atomic E-state index is 13.3. The average Bonchev–Trinajstić information content (AvgIpc) is 4.04. The maximum atomic E-state index is 13.3. The highest BCUT2D eigenvalue weighted by atomic mass is 16.2. The number of carbonyl (C=O) groups excluding carboxylic acids is 6. The predicted molar refractivity (Wildman–Crippen MR) is 200 cm³/mol. The van der Waals surface area contributed by atoms with Gasteiger partial charge < -0.3 is 26.2 Å². The van der Waals surface area contributed by atoms with Crippen molar-refractivity contribution in [2.45, 2.75) is 149 Å². The second-order valence-electron chi connectivity index (χ2n) is 14.7. The summed E-state index contributed by atoms with van der Waals surface area (Å²) in [7, 11) is 0. The van der Waals surface area contributed by atoms with Gasteiger partial charge in [-0.25, -0.2) is 0 Å². The second-order valence-corrected chi connectivity index (χ2v) is 14.7. The van der Waals surface area contributed by atoms with Gasteiger partial charge in [-0.2, -0.15) is 0 Å². The van der Waals surface area contributed by atoms with E-state index in [0.29, 0.717) is 31.7 Å². The van der Waals surface area contributed by atoms with Crippen LogP contribution in [0.5, 0.6) is 0 Å². The van der Waals surface area contributed by atoms with Crippen molar-refractivity contribution in [3.63, 3.8) is 0 Å². The lowest BCUT2D eigenvalue weighted by Gasteiger charge is -2.30. The Morgan fingerprint density at radius 1 is 0.863 bits per heavy atom. The Kier molecular flexibility index (Phi) is 20.0. The lowest BCUT2D eigenvalue weighted by molar-refractivity contribution is -0.142. The Hall–Kier alpha value is -3.90. The third-order valence-corrected chi connectivity index (χ3v) is 8.69. The number of hydrogen-bond donors (Lipinski definition) is 4. The SMILES string of the molecule is C=N/C=C\N=CCC(=O)NC(C(=O)NCC(=O)N1CCCC1C(=O)NC(CC1CC1)C(=O)C(=O)NC1CC1)C1CCCCC1.CC(C)C.CCC. The van der Waals surface area contributed by atoms with E-state index in [1.54, 1.807) is 0 Å². The molecule has 4 rings (SSSR count). The van der Waals surface area contributed by atoms with Crippen LogP contribution in [0.3, 0.4) is 0 Å². The van der Waals surface area contributed by atoms with E-state index < -0.39 is 47.5 Å². The van der Waals surface area contributed by atoms with Gasteiger partial charge in [-0.1, -0.05) is 73.1 Å². The van der Waals surface area contributed by atoms with E-state index in [-0.39, 0.29) is 30.8 Å². The molecule has 13 heteroatoms. The predicted octanol–water partition coefficient (Wildman–Crippen LogP) is 4.00. The standard InChI is InChI=1S/C31H45N7O6.C4H10.C3H8/c1-32-15-16-33-14-13-25(39)37-27(21-6-3-2-4-7-21)30(43)34-19-26(40)38-17-5-8-24(38)29(42)36-23(18-20-9-10-20)28(41)31(44)35-22-11-12-22;1-4(2)3;1-3-2/h14-16,20-24,27H,1-13,17-19H2,(H,34,43)(H,35,44)(H,36,42)(H,37,39);4H,1-3H3;3H2,1-2H3/b16-15-,33-14?;;. The van der Waals surface area contributed by atoms with Crippen molar-refractivity contribution < 1.29 is 28.8 Å². The van der Waals surface area contributed by atoms with Gasteiger partial charge in [0, 0.05) is 31.2 Å². The van der Waals surface area contributed by atoms with Crippen LogP contribution in [0.4, 0.5) is 0 Å². The van der Waals surface area contributed by atoms with Gasteiger partial charge in [0.05, 0.1) is 19.0 Å². The van der Waals surface area contributed by atoms with E-state index in [1.165, 1.54) is 29.9 Å². The molecule has 5 amide bonds. The Morgan fingerprint density at radius 3 is 2.10 bits per heavy atom. The van der Waals surface area contributed by atoms with Crippen molar-refractivity contribution in [1.29, 1.82) is 0 Å². The molecule has 4 aliphatic rings. The van der Waals surface area contributed by atoms with Crippen LogP contribution in [-0.4, -0.2) is 90.4 Å². The molecule has 3 saturated carbocycles. The Labute approximate surface area is 304 Å². The Balaban J connectivity index is 0.00000118. The summed E-state index contributed by atoms with van der Waals surface area (Å²) in [5.74, 6) is -1.92. The molecule has 0 radical (unpaired) electrons. The normalized spacial score (nSPS) is 20.0. The largest absolute Gasteiger partial charge is 0.347 e. The van der Waals surface area contributed by atoms with Crippen LogP contribution in [0, 0.1) is 17.8 Å². The highest BCUT2D eigenvalue weighted by Gasteiger charge is 2.40. The van der Waals surface area contributed by atoms with E-state index in [4.69, 9.17) is 0 Å². The van der Waals surface area contributed by atoms with Gasteiger partial charge in [0.25, 0.3) is 5.91 Å². The fraction of sp³-hybridized carbons (Fsp3) is 0.737. The minimum absolute atomic E-state index is 0.0199. The second kappa shape index (κ2) is 23.6. The number of ketones is 1. The molecule has 0 spiro atoms. The summed E-state index contributed by atoms with van der Waals surface area (Å²) < 4.78 is 0. The number of likely N-dealkylation sites (tertiary alicyclic amines) is 1. The minimum Gasteiger partial charge on any atom is -0.347 e. The number of Topliss-reactive ketones (excluding diaryl/α,β-unsaturated/α-hetero) is 1. The average molecular weight is 714 g/mol. The Bertz CT molecular complexity index is 1220. The van der Waals surface area contributed by atoms with Crippen molar-refractivity contribution in [1.82, 2.24) is 26.2 Å². The summed E-state index contributed by atoms with van der Waals surface area (Å²) >= 11 is 0. The van der Waals surface area contributed by atoms with Crippen LogP contribution in [0.25, 0.3) is 0 Å². The van der Waals surface area contributed by atoms with Crippen LogP contribution in [0.1, 0.15) is 125 Å². The first-order chi connectivity index (χ1) is 24.4. The smallest absolute Gasteiger partial charge is 0.289 e. The number of amides is 5. The maximum Gasteiger partial charge on any atom is 0.289 e. The van der Waals surface area contributed by atoms with E-state index in [0.717, 1.165) is 63.7 Å². The fourth-order valence-electron chi connectivity index (χ4n) is 5.92. The molecule has 1 heterocycles. The molecule has 0 aromatic heterocycles.